The number of hydrogen-bond donors (Lipinski definition) is 2. The molecule has 5 rings (SSSR count). The topological polar surface area (TPSA) is 102 Å². The van der Waals surface area contributed by atoms with Crippen LogP contribution in [0.4, 0.5) is 0 Å². The van der Waals surface area contributed by atoms with E-state index in [1.807, 2.05) is 10.8 Å². The van der Waals surface area contributed by atoms with Gasteiger partial charge in [0, 0.05) is 6.92 Å². The monoisotopic (exact) mass is 435 g/mol. The van der Waals surface area contributed by atoms with Gasteiger partial charge in [0.05, 0.1) is 13.2 Å². The first-order chi connectivity index (χ1) is 14.1. The Hall–Kier alpha value is -1.80. The molecule has 1 amide bonds. The number of carbonyl (C=O) groups excluding carboxylic acids is 1. The van der Waals surface area contributed by atoms with Crippen molar-refractivity contribution in [2.24, 2.45) is 22.7 Å². The molecule has 164 valence electrons. The number of fused-ring (bicyclic) bond motifs is 3. The molecular weight excluding hydrogens is 406 g/mol. The molecule has 4 unspecified atom stereocenters. The minimum absolute atomic E-state index is 0.0237. The standard InChI is InChI=1S/C22H29NO6S/c1-12(24)23-30(26,27)29-19-8-13-4-5-17-15(16(13)10-18(19)28-3)6-7-21(2)20(25)9-14-11-22(14,17)21/h8,10,14-15,17,20,25H,4-7,9,11H2,1-3H3,(H,23,24)/t14?,15?,17?,20-,21+,22?/m0/s1. The Morgan fingerprint density at radius 2 is 2.03 bits per heavy atom. The van der Waals surface area contributed by atoms with Gasteiger partial charge in [-0.15, -0.1) is 0 Å². The molecule has 1 aromatic carbocycles. The van der Waals surface area contributed by atoms with Crippen molar-refractivity contribution in [3.05, 3.63) is 23.3 Å². The van der Waals surface area contributed by atoms with Crippen LogP contribution in [0.3, 0.4) is 0 Å². The van der Waals surface area contributed by atoms with Crippen LogP contribution in [-0.4, -0.2) is 32.6 Å². The summed E-state index contributed by atoms with van der Waals surface area (Å²) in [4.78, 5) is 11.1. The zero-order valence-electron chi connectivity index (χ0n) is 17.6. The van der Waals surface area contributed by atoms with Crippen LogP contribution in [0.5, 0.6) is 11.5 Å². The zero-order valence-corrected chi connectivity index (χ0v) is 18.4. The number of carbonyl (C=O) groups is 1. The Labute approximate surface area is 177 Å². The normalized spacial score (nSPS) is 38.5. The maximum Gasteiger partial charge on any atom is 0.409 e. The summed E-state index contributed by atoms with van der Waals surface area (Å²) in [7, 11) is -2.77. The third-order valence-electron chi connectivity index (χ3n) is 8.60. The van der Waals surface area contributed by atoms with E-state index in [0.29, 0.717) is 23.5 Å². The predicted octanol–water partition coefficient (Wildman–Crippen LogP) is 2.67. The molecule has 0 aliphatic heterocycles. The number of aryl methyl sites for hydroxylation is 1. The highest BCUT2D eigenvalue weighted by Crippen LogP contribution is 2.81. The SMILES string of the molecule is COc1cc2c(cc1OS(=O)(=O)NC(C)=O)CCC1C2CC[C@]2(C)[C@@H](O)CC3CC312. The molecule has 0 heterocycles. The number of aliphatic hydroxyl groups excluding tert-OH is 1. The van der Waals surface area contributed by atoms with Gasteiger partial charge < -0.3 is 14.0 Å². The highest BCUT2D eigenvalue weighted by molar-refractivity contribution is 7.85. The molecule has 4 aliphatic carbocycles. The lowest BCUT2D eigenvalue weighted by Crippen LogP contribution is -2.47. The number of aliphatic hydroxyl groups is 1. The van der Waals surface area contributed by atoms with Crippen molar-refractivity contribution in [2.45, 2.75) is 64.4 Å². The minimum Gasteiger partial charge on any atom is -0.493 e. The van der Waals surface area contributed by atoms with Crippen molar-refractivity contribution >= 4 is 16.2 Å². The highest BCUT2D eigenvalue weighted by Gasteiger charge is 2.76. The van der Waals surface area contributed by atoms with Gasteiger partial charge in [-0.1, -0.05) is 6.92 Å². The van der Waals surface area contributed by atoms with Gasteiger partial charge in [-0.05, 0) is 90.4 Å². The van der Waals surface area contributed by atoms with Crippen LogP contribution in [-0.2, 0) is 21.5 Å². The third kappa shape index (κ3) is 2.65. The van der Waals surface area contributed by atoms with Gasteiger partial charge in [-0.25, -0.2) is 4.72 Å². The summed E-state index contributed by atoms with van der Waals surface area (Å²) < 4.78 is 36.6. The Morgan fingerprint density at radius 1 is 1.27 bits per heavy atom. The number of rotatable bonds is 4. The third-order valence-corrected chi connectivity index (χ3v) is 9.54. The average Bonchev–Trinajstić information content (AvgIpc) is 3.31. The van der Waals surface area contributed by atoms with Crippen LogP contribution >= 0.6 is 0 Å². The first-order valence-electron chi connectivity index (χ1n) is 10.7. The van der Waals surface area contributed by atoms with Crippen molar-refractivity contribution in [3.8, 4) is 11.5 Å². The van der Waals surface area contributed by atoms with Crippen molar-refractivity contribution in [3.63, 3.8) is 0 Å². The second-order valence-electron chi connectivity index (χ2n) is 9.80. The molecule has 8 heteroatoms. The zero-order chi connectivity index (χ0) is 21.5. The molecule has 0 aromatic heterocycles. The average molecular weight is 436 g/mol. The largest absolute Gasteiger partial charge is 0.493 e. The second kappa shape index (κ2) is 6.36. The molecule has 30 heavy (non-hydrogen) atoms. The van der Waals surface area contributed by atoms with Gasteiger partial charge in [0.1, 0.15) is 0 Å². The molecule has 1 aromatic rings. The summed E-state index contributed by atoms with van der Waals surface area (Å²) >= 11 is 0. The van der Waals surface area contributed by atoms with Crippen molar-refractivity contribution in [2.75, 3.05) is 7.11 Å². The molecule has 1 spiro atoms. The number of amides is 1. The van der Waals surface area contributed by atoms with Gasteiger partial charge in [0.25, 0.3) is 0 Å². The summed E-state index contributed by atoms with van der Waals surface area (Å²) in [5, 5.41) is 10.7. The fourth-order valence-electron chi connectivity index (χ4n) is 7.34. The van der Waals surface area contributed by atoms with Crippen molar-refractivity contribution in [1.29, 1.82) is 0 Å². The van der Waals surface area contributed by atoms with E-state index in [0.717, 1.165) is 44.6 Å². The number of benzene rings is 1. The molecule has 0 bridgehead atoms. The van der Waals surface area contributed by atoms with Gasteiger partial charge in [-0.2, -0.15) is 8.42 Å². The lowest BCUT2D eigenvalue weighted by Gasteiger charge is -2.52. The van der Waals surface area contributed by atoms with E-state index in [9.17, 15) is 18.3 Å². The maximum absolute atomic E-state index is 12.1. The molecule has 2 N–H and O–H groups in total. The number of methoxy groups -OCH3 is 1. The molecule has 7 nitrogen and oxygen atoms in total. The van der Waals surface area contributed by atoms with E-state index in [2.05, 4.69) is 6.92 Å². The molecule has 6 atom stereocenters. The van der Waals surface area contributed by atoms with Crippen molar-refractivity contribution < 1.29 is 27.2 Å². The second-order valence-corrected chi connectivity index (χ2v) is 11.1. The van der Waals surface area contributed by atoms with Gasteiger partial charge in [0.15, 0.2) is 11.5 Å². The first kappa shape index (κ1) is 20.1. The van der Waals surface area contributed by atoms with Crippen LogP contribution in [0.2, 0.25) is 0 Å². The molecule has 0 saturated heterocycles. The van der Waals surface area contributed by atoms with Crippen molar-refractivity contribution in [1.82, 2.24) is 4.72 Å². The first-order valence-corrected chi connectivity index (χ1v) is 12.1. The smallest absolute Gasteiger partial charge is 0.409 e. The van der Waals surface area contributed by atoms with Crippen LogP contribution < -0.4 is 13.6 Å². The summed E-state index contributed by atoms with van der Waals surface area (Å²) in [6.07, 6.45) is 5.89. The Bertz CT molecular complexity index is 1020. The summed E-state index contributed by atoms with van der Waals surface area (Å²) in [6.45, 7) is 3.41. The predicted molar refractivity (Wildman–Crippen MR) is 109 cm³/mol. The van der Waals surface area contributed by atoms with Crippen LogP contribution in [0.1, 0.15) is 63.0 Å². The molecule has 0 radical (unpaired) electrons. The highest BCUT2D eigenvalue weighted by atomic mass is 32.2. The van der Waals surface area contributed by atoms with E-state index < -0.39 is 16.2 Å². The Balaban J connectivity index is 1.49. The Kier molecular flexibility index (Phi) is 4.26. The van der Waals surface area contributed by atoms with E-state index >= 15 is 0 Å². The molecule has 3 saturated carbocycles. The molecule has 3 fully saturated rings. The molecular formula is C22H29NO6S. The van der Waals surface area contributed by atoms with Crippen LogP contribution in [0.25, 0.3) is 0 Å². The van der Waals surface area contributed by atoms with Gasteiger partial charge in [-0.3, -0.25) is 4.79 Å². The van der Waals surface area contributed by atoms with Crippen LogP contribution in [0.15, 0.2) is 12.1 Å². The summed E-state index contributed by atoms with van der Waals surface area (Å²) in [5.41, 5.74) is 2.58. The summed E-state index contributed by atoms with van der Waals surface area (Å²) in [5.74, 6) is 1.32. The Morgan fingerprint density at radius 3 is 2.73 bits per heavy atom. The van der Waals surface area contributed by atoms with E-state index in [1.54, 1.807) is 6.07 Å². The maximum atomic E-state index is 12.1. The van der Waals surface area contributed by atoms with E-state index in [4.69, 9.17) is 8.92 Å². The fourth-order valence-corrected chi connectivity index (χ4v) is 8.10. The van der Waals surface area contributed by atoms with Gasteiger partial charge >= 0.3 is 10.3 Å². The molecule has 4 aliphatic rings. The van der Waals surface area contributed by atoms with Crippen LogP contribution in [0, 0.1) is 22.7 Å². The minimum atomic E-state index is -4.25. The van der Waals surface area contributed by atoms with E-state index in [1.165, 1.54) is 19.1 Å². The lowest BCUT2D eigenvalue weighted by atomic mass is 9.52. The number of hydrogen-bond acceptors (Lipinski definition) is 6. The van der Waals surface area contributed by atoms with E-state index in [-0.39, 0.29) is 22.7 Å². The summed E-state index contributed by atoms with van der Waals surface area (Å²) in [6, 6.07) is 3.68. The number of ether oxygens (including phenoxy) is 1. The fraction of sp³-hybridized carbons (Fsp3) is 0.682. The quantitative estimate of drug-likeness (QED) is 0.754. The van der Waals surface area contributed by atoms with Gasteiger partial charge in [0.2, 0.25) is 5.91 Å². The number of nitrogens with one attached hydrogen (secondary N) is 1. The lowest BCUT2D eigenvalue weighted by molar-refractivity contribution is -0.117.